The third kappa shape index (κ3) is 5.07. The number of para-hydroxylation sites is 2. The standard InChI is InChI=1S/C18H18N2O5/c1-3-11-24-15-8-6-7-14(12-15)19-18(21)13(2)25-17-10-5-4-9-16(17)20(22)23/h3-10,12-13H,1,11H2,2H3,(H,19,21). The van der Waals surface area contributed by atoms with Crippen LogP contribution in [-0.2, 0) is 4.79 Å². The normalized spacial score (nSPS) is 11.2. The van der Waals surface area contributed by atoms with Crippen molar-refractivity contribution in [3.63, 3.8) is 0 Å². The molecule has 2 aromatic carbocycles. The Labute approximate surface area is 145 Å². The van der Waals surface area contributed by atoms with Gasteiger partial charge in [0, 0.05) is 17.8 Å². The van der Waals surface area contributed by atoms with Gasteiger partial charge in [-0.3, -0.25) is 14.9 Å². The summed E-state index contributed by atoms with van der Waals surface area (Å²) in [5, 5.41) is 13.7. The molecule has 0 aliphatic heterocycles. The Morgan fingerprint density at radius 3 is 2.80 bits per heavy atom. The van der Waals surface area contributed by atoms with E-state index in [1.54, 1.807) is 36.4 Å². The number of benzene rings is 2. The molecule has 0 saturated heterocycles. The third-order valence-corrected chi connectivity index (χ3v) is 3.20. The lowest BCUT2D eigenvalue weighted by atomic mass is 10.2. The molecular weight excluding hydrogens is 324 g/mol. The van der Waals surface area contributed by atoms with Crippen molar-refractivity contribution >= 4 is 17.3 Å². The van der Waals surface area contributed by atoms with Crippen LogP contribution in [0.25, 0.3) is 0 Å². The average molecular weight is 342 g/mol. The molecule has 7 nitrogen and oxygen atoms in total. The predicted octanol–water partition coefficient (Wildman–Crippen LogP) is 3.57. The Hall–Kier alpha value is -3.35. The van der Waals surface area contributed by atoms with Gasteiger partial charge < -0.3 is 14.8 Å². The van der Waals surface area contributed by atoms with E-state index in [0.717, 1.165) is 0 Å². The van der Waals surface area contributed by atoms with Crippen molar-refractivity contribution in [2.45, 2.75) is 13.0 Å². The number of nitro groups is 1. The largest absolute Gasteiger partial charge is 0.489 e. The number of nitro benzene ring substituents is 1. The number of hydrogen-bond acceptors (Lipinski definition) is 5. The topological polar surface area (TPSA) is 90.7 Å². The van der Waals surface area contributed by atoms with Crippen molar-refractivity contribution in [2.24, 2.45) is 0 Å². The maximum absolute atomic E-state index is 12.3. The number of carbonyl (C=O) groups is 1. The van der Waals surface area contributed by atoms with Crippen LogP contribution in [0.15, 0.2) is 61.2 Å². The molecule has 2 aromatic rings. The van der Waals surface area contributed by atoms with Gasteiger partial charge in [0.05, 0.1) is 4.92 Å². The third-order valence-electron chi connectivity index (χ3n) is 3.20. The highest BCUT2D eigenvalue weighted by molar-refractivity contribution is 5.94. The van der Waals surface area contributed by atoms with Crippen LogP contribution in [0.5, 0.6) is 11.5 Å². The molecule has 0 heterocycles. The van der Waals surface area contributed by atoms with Crippen LogP contribution >= 0.6 is 0 Å². The zero-order chi connectivity index (χ0) is 18.2. The first-order chi connectivity index (χ1) is 12.0. The van der Waals surface area contributed by atoms with Gasteiger partial charge >= 0.3 is 5.69 Å². The Morgan fingerprint density at radius 2 is 2.08 bits per heavy atom. The van der Waals surface area contributed by atoms with Gasteiger partial charge in [0.25, 0.3) is 5.91 Å². The molecule has 0 radical (unpaired) electrons. The van der Waals surface area contributed by atoms with Crippen LogP contribution in [0, 0.1) is 10.1 Å². The molecule has 130 valence electrons. The molecule has 0 saturated carbocycles. The SMILES string of the molecule is C=CCOc1cccc(NC(=O)C(C)Oc2ccccc2[N+](=O)[O-])c1. The monoisotopic (exact) mass is 342 g/mol. The van der Waals surface area contributed by atoms with Crippen LogP contribution in [-0.4, -0.2) is 23.5 Å². The van der Waals surface area contributed by atoms with Crippen molar-refractivity contribution in [3.8, 4) is 11.5 Å². The highest BCUT2D eigenvalue weighted by atomic mass is 16.6. The van der Waals surface area contributed by atoms with Gasteiger partial charge in [0.15, 0.2) is 11.9 Å². The van der Waals surface area contributed by atoms with Gasteiger partial charge in [-0.05, 0) is 25.1 Å². The van der Waals surface area contributed by atoms with Gasteiger partial charge in [-0.1, -0.05) is 30.9 Å². The average Bonchev–Trinajstić information content (AvgIpc) is 2.60. The summed E-state index contributed by atoms with van der Waals surface area (Å²) >= 11 is 0. The number of nitrogens with one attached hydrogen (secondary N) is 1. The maximum Gasteiger partial charge on any atom is 0.310 e. The molecule has 25 heavy (non-hydrogen) atoms. The molecule has 1 amide bonds. The van der Waals surface area contributed by atoms with Crippen molar-refractivity contribution in [1.29, 1.82) is 0 Å². The predicted molar refractivity (Wildman–Crippen MR) is 94.0 cm³/mol. The molecular formula is C18H18N2O5. The van der Waals surface area contributed by atoms with Gasteiger partial charge in [-0.15, -0.1) is 0 Å². The van der Waals surface area contributed by atoms with E-state index in [4.69, 9.17) is 9.47 Å². The minimum Gasteiger partial charge on any atom is -0.489 e. The second kappa shape index (κ2) is 8.49. The van der Waals surface area contributed by atoms with Crippen molar-refractivity contribution in [2.75, 3.05) is 11.9 Å². The van der Waals surface area contributed by atoms with E-state index in [-0.39, 0.29) is 11.4 Å². The lowest BCUT2D eigenvalue weighted by Crippen LogP contribution is -2.30. The van der Waals surface area contributed by atoms with Gasteiger partial charge in [-0.25, -0.2) is 0 Å². The van der Waals surface area contributed by atoms with E-state index in [2.05, 4.69) is 11.9 Å². The number of rotatable bonds is 8. The van der Waals surface area contributed by atoms with Crippen LogP contribution in [0.1, 0.15) is 6.92 Å². The number of amides is 1. The van der Waals surface area contributed by atoms with E-state index in [1.807, 2.05) is 0 Å². The summed E-state index contributed by atoms with van der Waals surface area (Å²) in [6.07, 6.45) is 0.701. The summed E-state index contributed by atoms with van der Waals surface area (Å²) in [5.74, 6) is 0.196. The summed E-state index contributed by atoms with van der Waals surface area (Å²) < 4.78 is 10.8. The summed E-state index contributed by atoms with van der Waals surface area (Å²) in [6, 6.07) is 12.8. The number of carbonyl (C=O) groups excluding carboxylic acids is 1. The minimum atomic E-state index is -0.918. The van der Waals surface area contributed by atoms with E-state index >= 15 is 0 Å². The number of ether oxygens (including phenoxy) is 2. The van der Waals surface area contributed by atoms with Crippen LogP contribution in [0.2, 0.25) is 0 Å². The second-order valence-electron chi connectivity index (χ2n) is 5.10. The van der Waals surface area contributed by atoms with Crippen LogP contribution in [0.3, 0.4) is 0 Å². The molecule has 0 spiro atoms. The first-order valence-corrected chi connectivity index (χ1v) is 7.56. The van der Waals surface area contributed by atoms with Gasteiger partial charge in [0.1, 0.15) is 12.4 Å². The molecule has 0 aliphatic carbocycles. The molecule has 0 aromatic heterocycles. The molecule has 1 atom stereocenters. The number of nitrogens with zero attached hydrogens (tertiary/aromatic N) is 1. The quantitative estimate of drug-likeness (QED) is 0.450. The first kappa shape index (κ1) is 18.0. The fourth-order valence-corrected chi connectivity index (χ4v) is 2.01. The van der Waals surface area contributed by atoms with E-state index < -0.39 is 16.9 Å². The van der Waals surface area contributed by atoms with Crippen LogP contribution < -0.4 is 14.8 Å². The lowest BCUT2D eigenvalue weighted by Gasteiger charge is -2.15. The van der Waals surface area contributed by atoms with Gasteiger partial charge in [0.2, 0.25) is 0 Å². The van der Waals surface area contributed by atoms with E-state index in [9.17, 15) is 14.9 Å². The zero-order valence-corrected chi connectivity index (χ0v) is 13.7. The number of anilines is 1. The summed E-state index contributed by atoms with van der Waals surface area (Å²) in [5.41, 5.74) is 0.339. The van der Waals surface area contributed by atoms with Crippen molar-refractivity contribution in [3.05, 3.63) is 71.3 Å². The zero-order valence-electron chi connectivity index (χ0n) is 13.7. The molecule has 1 N–H and O–H groups in total. The Bertz CT molecular complexity index is 776. The Morgan fingerprint density at radius 1 is 1.32 bits per heavy atom. The highest BCUT2D eigenvalue weighted by Gasteiger charge is 2.20. The summed E-state index contributed by atoms with van der Waals surface area (Å²) in [6.45, 7) is 5.44. The minimum absolute atomic E-state index is 0.0400. The highest BCUT2D eigenvalue weighted by Crippen LogP contribution is 2.27. The fourth-order valence-electron chi connectivity index (χ4n) is 2.01. The number of hydrogen-bond donors (Lipinski definition) is 1. The molecule has 7 heteroatoms. The maximum atomic E-state index is 12.3. The molecule has 0 bridgehead atoms. The van der Waals surface area contributed by atoms with E-state index in [1.165, 1.54) is 25.1 Å². The smallest absolute Gasteiger partial charge is 0.310 e. The summed E-state index contributed by atoms with van der Waals surface area (Å²) in [7, 11) is 0. The lowest BCUT2D eigenvalue weighted by molar-refractivity contribution is -0.386. The molecule has 0 aliphatic rings. The molecule has 0 fully saturated rings. The second-order valence-corrected chi connectivity index (χ2v) is 5.10. The van der Waals surface area contributed by atoms with Crippen molar-refractivity contribution < 1.29 is 19.2 Å². The van der Waals surface area contributed by atoms with Gasteiger partial charge in [-0.2, -0.15) is 0 Å². The Kier molecular flexibility index (Phi) is 6.11. The first-order valence-electron chi connectivity index (χ1n) is 7.56. The van der Waals surface area contributed by atoms with Crippen LogP contribution in [0.4, 0.5) is 11.4 Å². The molecule has 2 rings (SSSR count). The fraction of sp³-hybridized carbons (Fsp3) is 0.167. The van der Waals surface area contributed by atoms with Crippen molar-refractivity contribution in [1.82, 2.24) is 0 Å². The summed E-state index contributed by atoms with van der Waals surface area (Å²) in [4.78, 5) is 22.7. The Balaban J connectivity index is 2.03. The molecule has 1 unspecified atom stereocenters. The van der Waals surface area contributed by atoms with E-state index in [0.29, 0.717) is 18.0 Å².